The molecule has 0 saturated carbocycles. The van der Waals surface area contributed by atoms with Gasteiger partial charge in [-0.1, -0.05) is 98.1 Å². The summed E-state index contributed by atoms with van der Waals surface area (Å²) in [6.45, 7) is 21.2. The first-order valence-electron chi connectivity index (χ1n) is 12.9. The third kappa shape index (κ3) is 65.2. The van der Waals surface area contributed by atoms with Gasteiger partial charge in [-0.05, 0) is 63.8 Å². The topological polar surface area (TPSA) is 30.5 Å². The molecule has 0 aliphatic rings. The molecule has 4 heteroatoms. The fraction of sp³-hybridized carbons (Fsp3) is 0.793. The molecule has 1 N–H and O–H groups in total. The van der Waals surface area contributed by atoms with Gasteiger partial charge in [-0.15, -0.1) is 0 Å². The van der Waals surface area contributed by atoms with E-state index in [-0.39, 0.29) is 0 Å². The van der Waals surface area contributed by atoms with Crippen LogP contribution in [0.2, 0.25) is 0 Å². The van der Waals surface area contributed by atoms with Crippen LogP contribution in [0.3, 0.4) is 0 Å². The minimum atomic E-state index is 0.366. The number of thioether (sulfide) groups is 1. The number of rotatable bonds is 9. The fourth-order valence-electron chi connectivity index (χ4n) is 1.13. The summed E-state index contributed by atoms with van der Waals surface area (Å²) in [4.78, 5) is 0. The van der Waals surface area contributed by atoms with Crippen LogP contribution in [0.4, 0.5) is 0 Å². The van der Waals surface area contributed by atoms with Crippen LogP contribution in [0.1, 0.15) is 93.6 Å². The predicted molar refractivity (Wildman–Crippen MR) is 158 cm³/mol. The molecule has 0 amide bonds. The Morgan fingerprint density at radius 1 is 0.879 bits per heavy atom. The zero-order valence-corrected chi connectivity index (χ0v) is 25.7. The summed E-state index contributed by atoms with van der Waals surface area (Å²) in [5.74, 6) is 2.12. The summed E-state index contributed by atoms with van der Waals surface area (Å²) in [5, 5.41) is 2.93. The van der Waals surface area contributed by atoms with E-state index < -0.39 is 0 Å². The summed E-state index contributed by atoms with van der Waals surface area (Å²) >= 11 is 1.86. The first kappa shape index (κ1) is 42.6. The summed E-state index contributed by atoms with van der Waals surface area (Å²) in [7, 11) is 5.37. The molecule has 0 heterocycles. The standard InChI is InChI=1S/C11H16O.C5H12.C4H10.C3H9N.C3H8O.C3H8S/c1-10(12-2)8-9-11-6-4-3-5-7-11;1-4-5(2)3;4*1-3-4-2/h3-7,10H,8-9H2,1-2H3;5H,4H2,1-3H3;3-4H2,1-2H3;4H,3H2,1-2H3;2*3H2,1-2H3. The van der Waals surface area contributed by atoms with Crippen molar-refractivity contribution in [2.45, 2.75) is 101 Å². The smallest absolute Gasteiger partial charge is 0.0546 e. The Kier molecular flexibility index (Phi) is 58.1. The van der Waals surface area contributed by atoms with E-state index in [0.29, 0.717) is 6.10 Å². The van der Waals surface area contributed by atoms with Gasteiger partial charge in [-0.2, -0.15) is 11.8 Å². The molecule has 0 fully saturated rings. The second kappa shape index (κ2) is 45.0. The number of ether oxygens (including phenoxy) is 2. The van der Waals surface area contributed by atoms with Crippen LogP contribution in [0.15, 0.2) is 30.3 Å². The number of unbranched alkanes of at least 4 members (excludes halogenated alkanes) is 1. The Labute approximate surface area is 215 Å². The highest BCUT2D eigenvalue weighted by molar-refractivity contribution is 7.98. The van der Waals surface area contributed by atoms with Crippen molar-refractivity contribution in [2.24, 2.45) is 5.92 Å². The zero-order chi connectivity index (χ0) is 26.8. The van der Waals surface area contributed by atoms with Gasteiger partial charge in [0.2, 0.25) is 0 Å². The minimum Gasteiger partial charge on any atom is -0.385 e. The first-order chi connectivity index (χ1) is 15.8. The van der Waals surface area contributed by atoms with Gasteiger partial charge >= 0.3 is 0 Å². The molecular weight excluding hydrogens is 426 g/mol. The van der Waals surface area contributed by atoms with Gasteiger partial charge in [0.1, 0.15) is 0 Å². The van der Waals surface area contributed by atoms with Crippen molar-refractivity contribution in [2.75, 3.05) is 46.4 Å². The molecule has 0 aromatic heterocycles. The van der Waals surface area contributed by atoms with Gasteiger partial charge in [0, 0.05) is 20.8 Å². The average Bonchev–Trinajstić information content (AvgIpc) is 2.88. The van der Waals surface area contributed by atoms with Crippen LogP contribution in [0.5, 0.6) is 0 Å². The van der Waals surface area contributed by atoms with E-state index >= 15 is 0 Å². The van der Waals surface area contributed by atoms with Crippen LogP contribution < -0.4 is 5.32 Å². The molecule has 1 aromatic rings. The lowest BCUT2D eigenvalue weighted by molar-refractivity contribution is 0.111. The van der Waals surface area contributed by atoms with E-state index in [0.717, 1.165) is 31.9 Å². The molecular formula is C29H63NO2S. The number of hydrogen-bond donors (Lipinski definition) is 1. The molecule has 0 saturated heterocycles. The van der Waals surface area contributed by atoms with Crippen LogP contribution in [-0.4, -0.2) is 52.5 Å². The quantitative estimate of drug-likeness (QED) is 0.375. The Hall–Kier alpha value is -0.550. The van der Waals surface area contributed by atoms with Gasteiger partial charge < -0.3 is 14.8 Å². The van der Waals surface area contributed by atoms with Crippen LogP contribution in [0.25, 0.3) is 0 Å². The molecule has 1 unspecified atom stereocenters. The molecule has 1 atom stereocenters. The van der Waals surface area contributed by atoms with Gasteiger partial charge in [0.15, 0.2) is 0 Å². The van der Waals surface area contributed by atoms with E-state index in [1.807, 2.05) is 31.8 Å². The van der Waals surface area contributed by atoms with Gasteiger partial charge in [0.25, 0.3) is 0 Å². The highest BCUT2D eigenvalue weighted by atomic mass is 32.2. The summed E-state index contributed by atoms with van der Waals surface area (Å²) < 4.78 is 9.71. The Balaban J connectivity index is -0.000000105. The van der Waals surface area contributed by atoms with Crippen molar-refractivity contribution < 1.29 is 9.47 Å². The van der Waals surface area contributed by atoms with E-state index in [1.165, 1.54) is 30.6 Å². The van der Waals surface area contributed by atoms with Crippen LogP contribution >= 0.6 is 11.8 Å². The van der Waals surface area contributed by atoms with Gasteiger partial charge in [0.05, 0.1) is 6.10 Å². The molecule has 0 aliphatic heterocycles. The summed E-state index contributed by atoms with van der Waals surface area (Å²) in [6, 6.07) is 10.5. The maximum absolute atomic E-state index is 5.17. The Bertz CT molecular complexity index is 351. The van der Waals surface area contributed by atoms with Gasteiger partial charge in [-0.25, -0.2) is 0 Å². The molecule has 0 aliphatic carbocycles. The number of nitrogens with one attached hydrogen (secondary N) is 1. The van der Waals surface area contributed by atoms with E-state index in [2.05, 4.69) is 96.0 Å². The number of methoxy groups -OCH3 is 2. The highest BCUT2D eigenvalue weighted by Crippen LogP contribution is 2.05. The molecule has 1 aromatic carbocycles. The fourth-order valence-corrected chi connectivity index (χ4v) is 1.13. The molecule has 3 nitrogen and oxygen atoms in total. The van der Waals surface area contributed by atoms with E-state index in [4.69, 9.17) is 4.74 Å². The lowest BCUT2D eigenvalue weighted by atomic mass is 10.1. The number of aryl methyl sites for hydroxylation is 1. The maximum Gasteiger partial charge on any atom is 0.0546 e. The lowest BCUT2D eigenvalue weighted by Crippen LogP contribution is -2.05. The molecule has 0 spiro atoms. The van der Waals surface area contributed by atoms with Crippen molar-refractivity contribution in [3.05, 3.63) is 35.9 Å². The average molecular weight is 490 g/mol. The predicted octanol–water partition coefficient (Wildman–Crippen LogP) is 8.76. The Morgan fingerprint density at radius 3 is 1.48 bits per heavy atom. The molecule has 0 radical (unpaired) electrons. The summed E-state index contributed by atoms with van der Waals surface area (Å²) in [6.07, 6.45) is 8.61. The molecule has 1 rings (SSSR count). The molecule has 202 valence electrons. The second-order valence-electron chi connectivity index (χ2n) is 7.73. The second-order valence-corrected chi connectivity index (χ2v) is 8.89. The van der Waals surface area contributed by atoms with Crippen LogP contribution in [-0.2, 0) is 15.9 Å². The third-order valence-electron chi connectivity index (χ3n) is 4.33. The normalized spacial score (nSPS) is 9.76. The molecule has 0 bridgehead atoms. The zero-order valence-electron chi connectivity index (χ0n) is 24.9. The monoisotopic (exact) mass is 489 g/mol. The number of hydrogen-bond acceptors (Lipinski definition) is 4. The van der Waals surface area contributed by atoms with Crippen molar-refractivity contribution in [1.29, 1.82) is 0 Å². The number of benzene rings is 1. The van der Waals surface area contributed by atoms with Gasteiger partial charge in [-0.3, -0.25) is 0 Å². The van der Waals surface area contributed by atoms with Crippen molar-refractivity contribution in [1.82, 2.24) is 5.32 Å². The third-order valence-corrected chi connectivity index (χ3v) is 4.91. The minimum absolute atomic E-state index is 0.366. The maximum atomic E-state index is 5.17. The van der Waals surface area contributed by atoms with Crippen molar-refractivity contribution in [3.8, 4) is 0 Å². The largest absolute Gasteiger partial charge is 0.385 e. The molecule has 33 heavy (non-hydrogen) atoms. The van der Waals surface area contributed by atoms with Crippen LogP contribution in [0, 0.1) is 5.92 Å². The van der Waals surface area contributed by atoms with E-state index in [9.17, 15) is 0 Å². The van der Waals surface area contributed by atoms with Crippen molar-refractivity contribution in [3.63, 3.8) is 0 Å². The lowest BCUT2D eigenvalue weighted by Gasteiger charge is -2.08. The highest BCUT2D eigenvalue weighted by Gasteiger charge is 1.98. The summed E-state index contributed by atoms with van der Waals surface area (Å²) in [5.41, 5.74) is 1.39. The first-order valence-corrected chi connectivity index (χ1v) is 14.3. The van der Waals surface area contributed by atoms with E-state index in [1.54, 1.807) is 14.2 Å². The van der Waals surface area contributed by atoms with Crippen molar-refractivity contribution >= 4 is 11.8 Å². The Morgan fingerprint density at radius 2 is 1.27 bits per heavy atom. The SMILES string of the molecule is CCC(C)C.CCCC.CCNC.CCOC.CCSC.COC(C)CCc1ccccc1.